The van der Waals surface area contributed by atoms with Gasteiger partial charge in [-0.2, -0.15) is 0 Å². The van der Waals surface area contributed by atoms with Crippen LogP contribution in [0.1, 0.15) is 24.5 Å². The van der Waals surface area contributed by atoms with Crippen molar-refractivity contribution in [3.8, 4) is 5.75 Å². The smallest absolute Gasteiger partial charge is 0.119 e. The Morgan fingerprint density at radius 2 is 1.67 bits per heavy atom. The Balaban J connectivity index is 1.82. The average molecular weight is 285 g/mol. The molecule has 3 heteroatoms. The van der Waals surface area contributed by atoms with E-state index >= 15 is 0 Å². The Kier molecular flexibility index (Phi) is 5.78. The van der Waals surface area contributed by atoms with E-state index in [1.54, 1.807) is 0 Å². The summed E-state index contributed by atoms with van der Waals surface area (Å²) in [7, 11) is 0. The third-order valence-electron chi connectivity index (χ3n) is 3.51. The molecule has 0 saturated heterocycles. The van der Waals surface area contributed by atoms with Crippen molar-refractivity contribution in [2.24, 2.45) is 5.73 Å². The molecule has 2 aromatic rings. The molecule has 0 spiro atoms. The van der Waals surface area contributed by atoms with Gasteiger partial charge < -0.3 is 15.6 Å². The van der Waals surface area contributed by atoms with Crippen LogP contribution in [0.4, 0.5) is 0 Å². The molecule has 112 valence electrons. The van der Waals surface area contributed by atoms with Crippen LogP contribution >= 0.6 is 0 Å². The van der Waals surface area contributed by atoms with E-state index < -0.39 is 6.10 Å². The van der Waals surface area contributed by atoms with Gasteiger partial charge in [0.05, 0.1) is 6.10 Å². The molecule has 0 aliphatic carbocycles. The molecule has 21 heavy (non-hydrogen) atoms. The van der Waals surface area contributed by atoms with Crippen LogP contribution in [0.2, 0.25) is 0 Å². The summed E-state index contributed by atoms with van der Waals surface area (Å²) < 4.78 is 5.74. The zero-order valence-electron chi connectivity index (χ0n) is 12.4. The lowest BCUT2D eigenvalue weighted by Gasteiger charge is -2.14. The van der Waals surface area contributed by atoms with Gasteiger partial charge in [-0.25, -0.2) is 0 Å². The first-order chi connectivity index (χ1) is 10.1. The van der Waals surface area contributed by atoms with Crippen molar-refractivity contribution in [1.29, 1.82) is 0 Å². The highest BCUT2D eigenvalue weighted by molar-refractivity contribution is 5.28. The van der Waals surface area contributed by atoms with Gasteiger partial charge in [0, 0.05) is 6.04 Å². The molecule has 2 unspecified atom stereocenters. The third-order valence-corrected chi connectivity index (χ3v) is 3.51. The van der Waals surface area contributed by atoms with Crippen LogP contribution in [-0.2, 0) is 13.0 Å². The summed E-state index contributed by atoms with van der Waals surface area (Å²) >= 11 is 0. The fourth-order valence-corrected chi connectivity index (χ4v) is 2.07. The third kappa shape index (κ3) is 5.21. The van der Waals surface area contributed by atoms with Crippen molar-refractivity contribution in [2.45, 2.75) is 38.5 Å². The minimum absolute atomic E-state index is 0.182. The highest BCUT2D eigenvalue weighted by Crippen LogP contribution is 2.16. The van der Waals surface area contributed by atoms with Gasteiger partial charge in [0.25, 0.3) is 0 Å². The van der Waals surface area contributed by atoms with E-state index in [4.69, 9.17) is 10.5 Å². The molecular formula is C18H23NO2. The summed E-state index contributed by atoms with van der Waals surface area (Å²) in [6.07, 6.45) is 1.06. The van der Waals surface area contributed by atoms with Crippen LogP contribution in [0.15, 0.2) is 54.6 Å². The van der Waals surface area contributed by atoms with Gasteiger partial charge in [-0.3, -0.25) is 0 Å². The lowest BCUT2D eigenvalue weighted by atomic mass is 10.0. The van der Waals surface area contributed by atoms with E-state index in [0.29, 0.717) is 13.0 Å². The summed E-state index contributed by atoms with van der Waals surface area (Å²) in [6.45, 7) is 2.40. The van der Waals surface area contributed by atoms with Crippen LogP contribution < -0.4 is 10.5 Å². The second-order valence-corrected chi connectivity index (χ2v) is 5.38. The SMILES string of the molecule is CC(N)C(O)CCc1ccc(OCc2ccccc2)cc1. The van der Waals surface area contributed by atoms with Gasteiger partial charge in [0.2, 0.25) is 0 Å². The number of benzene rings is 2. The lowest BCUT2D eigenvalue weighted by Crippen LogP contribution is -2.31. The summed E-state index contributed by atoms with van der Waals surface area (Å²) in [6, 6.07) is 17.9. The van der Waals surface area contributed by atoms with Gasteiger partial charge >= 0.3 is 0 Å². The molecule has 0 aliphatic rings. The minimum atomic E-state index is -0.445. The summed E-state index contributed by atoms with van der Waals surface area (Å²) in [5.41, 5.74) is 7.99. The number of aliphatic hydroxyl groups is 1. The van der Waals surface area contributed by atoms with Crippen molar-refractivity contribution in [3.05, 3.63) is 65.7 Å². The molecular weight excluding hydrogens is 262 g/mol. The molecule has 0 aliphatic heterocycles. The minimum Gasteiger partial charge on any atom is -0.489 e. The topological polar surface area (TPSA) is 55.5 Å². The molecule has 0 saturated carbocycles. The van der Waals surface area contributed by atoms with E-state index in [0.717, 1.165) is 17.7 Å². The predicted octanol–water partition coefficient (Wildman–Crippen LogP) is 2.91. The molecule has 0 amide bonds. The molecule has 2 atom stereocenters. The summed E-state index contributed by atoms with van der Waals surface area (Å²) in [5, 5.41) is 9.70. The summed E-state index contributed by atoms with van der Waals surface area (Å²) in [4.78, 5) is 0. The zero-order chi connectivity index (χ0) is 15.1. The van der Waals surface area contributed by atoms with E-state index in [-0.39, 0.29) is 6.04 Å². The molecule has 0 fully saturated rings. The Morgan fingerprint density at radius 1 is 1.00 bits per heavy atom. The van der Waals surface area contributed by atoms with E-state index in [1.165, 1.54) is 5.56 Å². The fourth-order valence-electron chi connectivity index (χ4n) is 2.07. The largest absolute Gasteiger partial charge is 0.489 e. The van der Waals surface area contributed by atoms with Crippen LogP contribution in [0.3, 0.4) is 0 Å². The second-order valence-electron chi connectivity index (χ2n) is 5.38. The molecule has 0 radical (unpaired) electrons. The zero-order valence-corrected chi connectivity index (χ0v) is 12.4. The van der Waals surface area contributed by atoms with Gasteiger partial charge in [-0.05, 0) is 43.0 Å². The van der Waals surface area contributed by atoms with Crippen LogP contribution in [0.25, 0.3) is 0 Å². The van der Waals surface area contributed by atoms with Crippen molar-refractivity contribution < 1.29 is 9.84 Å². The first-order valence-electron chi connectivity index (χ1n) is 7.34. The summed E-state index contributed by atoms with van der Waals surface area (Å²) in [5.74, 6) is 0.857. The van der Waals surface area contributed by atoms with Crippen molar-refractivity contribution in [3.63, 3.8) is 0 Å². The molecule has 0 bridgehead atoms. The van der Waals surface area contributed by atoms with Crippen molar-refractivity contribution in [1.82, 2.24) is 0 Å². The number of aliphatic hydroxyl groups excluding tert-OH is 1. The maximum atomic E-state index is 9.70. The maximum absolute atomic E-state index is 9.70. The lowest BCUT2D eigenvalue weighted by molar-refractivity contribution is 0.141. The van der Waals surface area contributed by atoms with Crippen molar-refractivity contribution >= 4 is 0 Å². The van der Waals surface area contributed by atoms with Crippen LogP contribution in [0.5, 0.6) is 5.75 Å². The average Bonchev–Trinajstić information content (AvgIpc) is 2.52. The standard InChI is InChI=1S/C18H23NO2/c1-14(19)18(20)12-9-15-7-10-17(11-8-15)21-13-16-5-3-2-4-6-16/h2-8,10-11,14,18,20H,9,12-13,19H2,1H3. The molecule has 3 N–H and O–H groups in total. The first-order valence-corrected chi connectivity index (χ1v) is 7.34. The van der Waals surface area contributed by atoms with Crippen LogP contribution in [-0.4, -0.2) is 17.3 Å². The normalized spacial score (nSPS) is 13.7. The number of aryl methyl sites for hydroxylation is 1. The molecule has 2 rings (SSSR count). The molecule has 0 heterocycles. The van der Waals surface area contributed by atoms with E-state index in [9.17, 15) is 5.11 Å². The Hall–Kier alpha value is -1.84. The van der Waals surface area contributed by atoms with Crippen molar-refractivity contribution in [2.75, 3.05) is 0 Å². The maximum Gasteiger partial charge on any atom is 0.119 e. The number of hydrogen-bond acceptors (Lipinski definition) is 3. The molecule has 0 aromatic heterocycles. The second kappa shape index (κ2) is 7.81. The monoisotopic (exact) mass is 285 g/mol. The molecule has 3 nitrogen and oxygen atoms in total. The molecule has 2 aromatic carbocycles. The Bertz CT molecular complexity index is 523. The Labute approximate surface area is 126 Å². The predicted molar refractivity (Wildman–Crippen MR) is 85.2 cm³/mol. The van der Waals surface area contributed by atoms with Gasteiger partial charge in [0.1, 0.15) is 12.4 Å². The van der Waals surface area contributed by atoms with Gasteiger partial charge in [-0.1, -0.05) is 42.5 Å². The fraction of sp³-hybridized carbons (Fsp3) is 0.333. The number of ether oxygens (including phenoxy) is 1. The highest BCUT2D eigenvalue weighted by Gasteiger charge is 2.09. The number of hydrogen-bond donors (Lipinski definition) is 2. The van der Waals surface area contributed by atoms with Crippen LogP contribution in [0, 0.1) is 0 Å². The van der Waals surface area contributed by atoms with E-state index in [1.807, 2.05) is 61.5 Å². The van der Waals surface area contributed by atoms with Gasteiger partial charge in [0.15, 0.2) is 0 Å². The highest BCUT2D eigenvalue weighted by atomic mass is 16.5. The first kappa shape index (κ1) is 15.5. The van der Waals surface area contributed by atoms with Gasteiger partial charge in [-0.15, -0.1) is 0 Å². The Morgan fingerprint density at radius 3 is 2.29 bits per heavy atom. The number of nitrogens with two attached hydrogens (primary N) is 1. The number of rotatable bonds is 7. The quantitative estimate of drug-likeness (QED) is 0.822. The van der Waals surface area contributed by atoms with E-state index in [2.05, 4.69) is 0 Å².